The number of nitrogens with one attached hydrogen (secondary N) is 1. The van der Waals surface area contributed by atoms with Crippen LogP contribution < -0.4 is 16.2 Å². The molecule has 0 aromatic carbocycles. The summed E-state index contributed by atoms with van der Waals surface area (Å²) in [7, 11) is 0. The standard InChI is InChI=1S/C11H16N8O/c12-17-9-14-10(18-4-3-13-7-18)16-11(15-9)19(5-6-20)8-1-2-8/h3-4,7-8,20H,1-2,5-6,12H2,(H,14,15,16,17). The molecule has 106 valence electrons. The molecule has 20 heavy (non-hydrogen) atoms. The lowest BCUT2D eigenvalue weighted by molar-refractivity contribution is 0.300. The summed E-state index contributed by atoms with van der Waals surface area (Å²) in [5, 5.41) is 9.19. The van der Waals surface area contributed by atoms with E-state index in [0.717, 1.165) is 12.8 Å². The summed E-state index contributed by atoms with van der Waals surface area (Å²) in [6.07, 6.45) is 7.15. The predicted molar refractivity (Wildman–Crippen MR) is 72.2 cm³/mol. The predicted octanol–water partition coefficient (Wildman–Crippen LogP) is -0.696. The maximum Gasteiger partial charge on any atom is 0.243 e. The van der Waals surface area contributed by atoms with E-state index in [9.17, 15) is 5.11 Å². The Morgan fingerprint density at radius 1 is 1.40 bits per heavy atom. The van der Waals surface area contributed by atoms with Crippen molar-refractivity contribution in [3.63, 3.8) is 0 Å². The molecule has 0 aliphatic heterocycles. The summed E-state index contributed by atoms with van der Waals surface area (Å²) in [6.45, 7) is 0.538. The fraction of sp³-hybridized carbons (Fsp3) is 0.455. The molecular formula is C11H16N8O. The molecule has 9 nitrogen and oxygen atoms in total. The molecule has 3 rings (SSSR count). The van der Waals surface area contributed by atoms with E-state index in [1.807, 2.05) is 4.90 Å². The third kappa shape index (κ3) is 2.53. The largest absolute Gasteiger partial charge is 0.395 e. The van der Waals surface area contributed by atoms with Gasteiger partial charge in [0, 0.05) is 25.0 Å². The van der Waals surface area contributed by atoms with Gasteiger partial charge in [-0.05, 0) is 12.8 Å². The van der Waals surface area contributed by atoms with Crippen LogP contribution in [0.5, 0.6) is 0 Å². The van der Waals surface area contributed by atoms with Crippen LogP contribution in [0.25, 0.3) is 5.95 Å². The number of aliphatic hydroxyl groups is 1. The second kappa shape index (κ2) is 5.39. The van der Waals surface area contributed by atoms with Crippen LogP contribution in [0.4, 0.5) is 11.9 Å². The summed E-state index contributed by atoms with van der Waals surface area (Å²) in [5.41, 5.74) is 2.44. The quantitative estimate of drug-likeness (QED) is 0.468. The zero-order valence-corrected chi connectivity index (χ0v) is 10.8. The lowest BCUT2D eigenvalue weighted by atomic mass is 10.5. The zero-order chi connectivity index (χ0) is 13.9. The Morgan fingerprint density at radius 3 is 2.85 bits per heavy atom. The molecular weight excluding hydrogens is 260 g/mol. The van der Waals surface area contributed by atoms with Crippen molar-refractivity contribution in [1.29, 1.82) is 0 Å². The lowest BCUT2D eigenvalue weighted by Crippen LogP contribution is -2.31. The summed E-state index contributed by atoms with van der Waals surface area (Å²) in [4.78, 5) is 18.8. The first-order valence-electron chi connectivity index (χ1n) is 6.40. The van der Waals surface area contributed by atoms with Crippen LogP contribution in [0.3, 0.4) is 0 Å². The van der Waals surface area contributed by atoms with Gasteiger partial charge in [0.15, 0.2) is 0 Å². The SMILES string of the molecule is NNc1nc(N(CCO)C2CC2)nc(-n2ccnc2)n1. The van der Waals surface area contributed by atoms with Gasteiger partial charge in [0.2, 0.25) is 17.8 Å². The molecule has 1 fully saturated rings. The number of hydrogen-bond acceptors (Lipinski definition) is 8. The Hall–Kier alpha value is -2.26. The molecule has 1 aliphatic rings. The van der Waals surface area contributed by atoms with Gasteiger partial charge in [-0.3, -0.25) is 9.99 Å². The third-order valence-corrected chi connectivity index (χ3v) is 3.06. The number of nitrogen functional groups attached to an aromatic ring is 1. The minimum Gasteiger partial charge on any atom is -0.395 e. The number of aromatic nitrogens is 5. The number of rotatable bonds is 6. The van der Waals surface area contributed by atoms with Crippen LogP contribution in [-0.4, -0.2) is 48.8 Å². The highest BCUT2D eigenvalue weighted by Crippen LogP contribution is 2.29. The van der Waals surface area contributed by atoms with E-state index in [2.05, 4.69) is 25.4 Å². The Kier molecular flexibility index (Phi) is 3.44. The summed E-state index contributed by atoms with van der Waals surface area (Å²) in [6, 6.07) is 0.380. The van der Waals surface area contributed by atoms with E-state index in [1.54, 1.807) is 23.3 Å². The zero-order valence-electron chi connectivity index (χ0n) is 10.8. The average molecular weight is 276 g/mol. The highest BCUT2D eigenvalue weighted by molar-refractivity contribution is 5.41. The monoisotopic (exact) mass is 276 g/mol. The van der Waals surface area contributed by atoms with E-state index in [-0.39, 0.29) is 12.6 Å². The van der Waals surface area contributed by atoms with Gasteiger partial charge in [0.1, 0.15) is 6.33 Å². The van der Waals surface area contributed by atoms with Crippen LogP contribution in [0, 0.1) is 0 Å². The van der Waals surface area contributed by atoms with Crippen molar-refractivity contribution < 1.29 is 5.11 Å². The third-order valence-electron chi connectivity index (χ3n) is 3.06. The topological polar surface area (TPSA) is 118 Å². The van der Waals surface area contributed by atoms with Crippen LogP contribution in [0.15, 0.2) is 18.7 Å². The Labute approximate surface area is 115 Å². The molecule has 2 aromatic rings. The van der Waals surface area contributed by atoms with Gasteiger partial charge < -0.3 is 10.0 Å². The second-order valence-corrected chi connectivity index (χ2v) is 4.52. The van der Waals surface area contributed by atoms with E-state index in [0.29, 0.717) is 24.5 Å². The first-order valence-corrected chi connectivity index (χ1v) is 6.40. The van der Waals surface area contributed by atoms with Crippen LogP contribution in [0.2, 0.25) is 0 Å². The van der Waals surface area contributed by atoms with Crippen molar-refractivity contribution in [2.75, 3.05) is 23.5 Å². The van der Waals surface area contributed by atoms with Crippen molar-refractivity contribution in [1.82, 2.24) is 24.5 Å². The molecule has 0 bridgehead atoms. The van der Waals surface area contributed by atoms with Crippen LogP contribution >= 0.6 is 0 Å². The molecule has 2 heterocycles. The number of anilines is 2. The average Bonchev–Trinajstić information content (AvgIpc) is 3.17. The van der Waals surface area contributed by atoms with Crippen LogP contribution in [0.1, 0.15) is 12.8 Å². The normalized spacial score (nSPS) is 14.3. The fourth-order valence-electron chi connectivity index (χ4n) is 1.98. The van der Waals surface area contributed by atoms with Crippen molar-refractivity contribution in [2.24, 2.45) is 5.84 Å². The summed E-state index contributed by atoms with van der Waals surface area (Å²) < 4.78 is 1.68. The van der Waals surface area contributed by atoms with Gasteiger partial charge in [0.25, 0.3) is 0 Å². The van der Waals surface area contributed by atoms with Gasteiger partial charge in [-0.2, -0.15) is 15.0 Å². The van der Waals surface area contributed by atoms with Gasteiger partial charge in [-0.1, -0.05) is 0 Å². The van der Waals surface area contributed by atoms with Gasteiger partial charge in [0.05, 0.1) is 6.61 Å². The number of nitrogens with two attached hydrogens (primary N) is 1. The van der Waals surface area contributed by atoms with E-state index in [1.165, 1.54) is 0 Å². The summed E-state index contributed by atoms with van der Waals surface area (Å²) >= 11 is 0. The number of imidazole rings is 1. The maximum atomic E-state index is 9.19. The van der Waals surface area contributed by atoms with Gasteiger partial charge >= 0.3 is 0 Å². The molecule has 1 saturated carbocycles. The van der Waals surface area contributed by atoms with E-state index < -0.39 is 0 Å². The first kappa shape index (κ1) is 12.8. The molecule has 4 N–H and O–H groups in total. The number of hydrogen-bond donors (Lipinski definition) is 3. The lowest BCUT2D eigenvalue weighted by Gasteiger charge is -2.21. The number of hydrazine groups is 1. The van der Waals surface area contributed by atoms with E-state index in [4.69, 9.17) is 5.84 Å². The smallest absolute Gasteiger partial charge is 0.243 e. The van der Waals surface area contributed by atoms with Crippen molar-refractivity contribution in [3.05, 3.63) is 18.7 Å². The second-order valence-electron chi connectivity index (χ2n) is 4.52. The molecule has 0 atom stereocenters. The molecule has 9 heteroatoms. The molecule has 0 spiro atoms. The Bertz CT molecular complexity index is 568. The van der Waals surface area contributed by atoms with Gasteiger partial charge in [-0.25, -0.2) is 10.8 Å². The Balaban J connectivity index is 1.98. The minimum atomic E-state index is 0.0496. The maximum absolute atomic E-state index is 9.19. The minimum absolute atomic E-state index is 0.0496. The molecule has 0 unspecified atom stereocenters. The van der Waals surface area contributed by atoms with Crippen molar-refractivity contribution in [2.45, 2.75) is 18.9 Å². The molecule has 0 saturated heterocycles. The number of nitrogens with zero attached hydrogens (tertiary/aromatic N) is 6. The van der Waals surface area contributed by atoms with Crippen LogP contribution in [-0.2, 0) is 0 Å². The molecule has 2 aromatic heterocycles. The molecule has 0 radical (unpaired) electrons. The van der Waals surface area contributed by atoms with Crippen molar-refractivity contribution >= 4 is 11.9 Å². The Morgan fingerprint density at radius 2 is 2.25 bits per heavy atom. The fourth-order valence-corrected chi connectivity index (χ4v) is 1.98. The first-order chi connectivity index (χ1) is 9.81. The van der Waals surface area contributed by atoms with Gasteiger partial charge in [-0.15, -0.1) is 0 Å². The summed E-state index contributed by atoms with van der Waals surface area (Å²) in [5.74, 6) is 6.63. The molecule has 1 aliphatic carbocycles. The number of aliphatic hydroxyl groups excluding tert-OH is 1. The highest BCUT2D eigenvalue weighted by atomic mass is 16.3. The van der Waals surface area contributed by atoms with Crippen molar-refractivity contribution in [3.8, 4) is 5.95 Å². The molecule has 0 amide bonds. The van der Waals surface area contributed by atoms with E-state index >= 15 is 0 Å². The highest BCUT2D eigenvalue weighted by Gasteiger charge is 2.31.